The predicted octanol–water partition coefficient (Wildman–Crippen LogP) is 11.9. The van der Waals surface area contributed by atoms with Gasteiger partial charge in [0.2, 0.25) is 0 Å². The SMILES string of the molecule is c1cnc2ccc(-c3nc(-c4ccc5nccnc5c4)nc(-c4ccc5ccc6c(-c7nc(-c8ccc9ncccc9c8)nc(-c8ccc9nccnc9c8)n7)ccc7ccc4c5c76)n3)cc2c1. The molecule has 0 aliphatic carbocycles. The predicted molar refractivity (Wildman–Crippen MR) is 266 cm³/mol. The molecule has 12 nitrogen and oxygen atoms in total. The van der Waals surface area contributed by atoms with Crippen LogP contribution in [0.5, 0.6) is 0 Å². The van der Waals surface area contributed by atoms with Crippen molar-refractivity contribution in [3.63, 3.8) is 0 Å². The minimum Gasteiger partial charge on any atom is -0.256 e. The minimum absolute atomic E-state index is 0.527. The highest BCUT2D eigenvalue weighted by atomic mass is 15.0. The molecule has 0 saturated carbocycles. The molecule has 314 valence electrons. The highest BCUT2D eigenvalue weighted by Crippen LogP contribution is 2.42. The standard InChI is InChI=1S/C56H30N12/c1-3-33-27-35(9-17-43(33)57-21-1)51-63-53(37-11-19-45-47(29-37)61-25-23-59-45)67-55(65-51)41-15-7-31-6-14-40-42(16-8-32-5-13-39(41)49(31)50(32)40)56-66-52(36-10-18-44-34(28-36)4-2-22-58-44)64-54(68-56)38-12-20-46-48(30-38)62-26-24-60-46/h1-30H. The lowest BCUT2D eigenvalue weighted by molar-refractivity contribution is 1.08. The Morgan fingerprint density at radius 2 is 0.588 bits per heavy atom. The second-order valence-corrected chi connectivity index (χ2v) is 16.6. The molecule has 0 aliphatic heterocycles. The first-order chi connectivity index (χ1) is 33.6. The number of pyridine rings is 2. The molecule has 6 heterocycles. The zero-order valence-electron chi connectivity index (χ0n) is 35.7. The molecule has 0 N–H and O–H groups in total. The third-order valence-electron chi connectivity index (χ3n) is 12.6. The molecule has 0 spiro atoms. The smallest absolute Gasteiger partial charge is 0.164 e. The molecule has 0 unspecified atom stereocenters. The summed E-state index contributed by atoms with van der Waals surface area (Å²) in [7, 11) is 0. The van der Waals surface area contributed by atoms with Gasteiger partial charge in [-0.15, -0.1) is 0 Å². The van der Waals surface area contributed by atoms with Gasteiger partial charge in [0.05, 0.1) is 33.1 Å². The van der Waals surface area contributed by atoms with Gasteiger partial charge in [-0.05, 0) is 129 Å². The summed E-state index contributed by atoms with van der Waals surface area (Å²) in [5, 5.41) is 8.35. The van der Waals surface area contributed by atoms with Crippen LogP contribution in [-0.2, 0) is 0 Å². The maximum Gasteiger partial charge on any atom is 0.164 e. The average molecular weight is 871 g/mol. The highest BCUT2D eigenvalue weighted by molar-refractivity contribution is 6.27. The van der Waals surface area contributed by atoms with Crippen molar-refractivity contribution in [1.29, 1.82) is 0 Å². The van der Waals surface area contributed by atoms with Crippen molar-refractivity contribution in [2.45, 2.75) is 0 Å². The van der Waals surface area contributed by atoms with Gasteiger partial charge < -0.3 is 0 Å². The Hall–Kier alpha value is -9.68. The van der Waals surface area contributed by atoms with Gasteiger partial charge in [-0.25, -0.2) is 29.9 Å². The molecule has 0 amide bonds. The Labute approximate surface area is 385 Å². The molecule has 0 bridgehead atoms. The van der Waals surface area contributed by atoms with Crippen LogP contribution < -0.4 is 0 Å². The maximum absolute atomic E-state index is 5.22. The fourth-order valence-corrected chi connectivity index (χ4v) is 9.33. The Kier molecular flexibility index (Phi) is 8.28. The summed E-state index contributed by atoms with van der Waals surface area (Å²) < 4.78 is 0. The van der Waals surface area contributed by atoms with Gasteiger partial charge in [0, 0.05) is 81.3 Å². The second kappa shape index (κ2) is 14.9. The molecule has 8 aromatic carbocycles. The summed E-state index contributed by atoms with van der Waals surface area (Å²) in [6, 6.07) is 49.2. The Morgan fingerprint density at radius 3 is 1.03 bits per heavy atom. The number of aromatic nitrogens is 12. The molecule has 68 heavy (non-hydrogen) atoms. The lowest BCUT2D eigenvalue weighted by atomic mass is 9.89. The monoisotopic (exact) mass is 870 g/mol. The average Bonchev–Trinajstić information content (AvgIpc) is 3.41. The summed E-state index contributed by atoms with van der Waals surface area (Å²) in [6.07, 6.45) is 10.4. The van der Waals surface area contributed by atoms with Gasteiger partial charge in [0.1, 0.15) is 0 Å². The third-order valence-corrected chi connectivity index (χ3v) is 12.6. The highest BCUT2D eigenvalue weighted by Gasteiger charge is 2.21. The third kappa shape index (κ3) is 6.23. The number of benzene rings is 8. The first-order valence-electron chi connectivity index (χ1n) is 22.0. The number of hydrogen-bond acceptors (Lipinski definition) is 12. The second-order valence-electron chi connectivity index (χ2n) is 16.6. The number of hydrogen-bond donors (Lipinski definition) is 0. The molecule has 0 atom stereocenters. The van der Waals surface area contributed by atoms with E-state index in [1.807, 2.05) is 84.9 Å². The van der Waals surface area contributed by atoms with Crippen LogP contribution in [0.2, 0.25) is 0 Å². The zero-order chi connectivity index (χ0) is 44.7. The van der Waals surface area contributed by atoms with Crippen LogP contribution >= 0.6 is 0 Å². The fourth-order valence-electron chi connectivity index (χ4n) is 9.33. The topological polar surface area (TPSA) is 155 Å². The van der Waals surface area contributed by atoms with Crippen molar-refractivity contribution in [3.05, 3.63) is 183 Å². The van der Waals surface area contributed by atoms with E-state index in [0.717, 1.165) is 110 Å². The van der Waals surface area contributed by atoms with E-state index in [-0.39, 0.29) is 0 Å². The lowest BCUT2D eigenvalue weighted by Crippen LogP contribution is -2.02. The summed E-state index contributed by atoms with van der Waals surface area (Å²) in [5.41, 5.74) is 9.94. The van der Waals surface area contributed by atoms with Crippen molar-refractivity contribution in [3.8, 4) is 68.3 Å². The van der Waals surface area contributed by atoms with E-state index in [1.54, 1.807) is 37.2 Å². The molecule has 14 aromatic rings. The Balaban J connectivity index is 0.972. The van der Waals surface area contributed by atoms with E-state index in [2.05, 4.69) is 90.6 Å². The summed E-state index contributed by atoms with van der Waals surface area (Å²) in [5.74, 6) is 3.24. The summed E-state index contributed by atoms with van der Waals surface area (Å²) in [4.78, 5) is 58.3. The van der Waals surface area contributed by atoms with E-state index in [1.165, 1.54) is 0 Å². The fraction of sp³-hybridized carbons (Fsp3) is 0. The van der Waals surface area contributed by atoms with Crippen LogP contribution in [0.1, 0.15) is 0 Å². The molecule has 0 fully saturated rings. The van der Waals surface area contributed by atoms with E-state index in [0.29, 0.717) is 34.9 Å². The van der Waals surface area contributed by atoms with Crippen molar-refractivity contribution in [2.75, 3.05) is 0 Å². The van der Waals surface area contributed by atoms with Crippen LogP contribution in [0.25, 0.3) is 145 Å². The molecule has 14 rings (SSSR count). The molecular formula is C56H30N12. The lowest BCUT2D eigenvalue weighted by Gasteiger charge is -2.16. The van der Waals surface area contributed by atoms with E-state index < -0.39 is 0 Å². The van der Waals surface area contributed by atoms with Crippen molar-refractivity contribution >= 4 is 76.2 Å². The van der Waals surface area contributed by atoms with Crippen molar-refractivity contribution in [1.82, 2.24) is 59.8 Å². The van der Waals surface area contributed by atoms with Crippen LogP contribution in [0.4, 0.5) is 0 Å². The van der Waals surface area contributed by atoms with Gasteiger partial charge in [0.15, 0.2) is 34.9 Å². The van der Waals surface area contributed by atoms with Crippen LogP contribution in [-0.4, -0.2) is 59.8 Å². The van der Waals surface area contributed by atoms with E-state index >= 15 is 0 Å². The van der Waals surface area contributed by atoms with Crippen LogP contribution in [0.3, 0.4) is 0 Å². The Morgan fingerprint density at radius 1 is 0.235 bits per heavy atom. The maximum atomic E-state index is 5.22. The van der Waals surface area contributed by atoms with E-state index in [9.17, 15) is 0 Å². The molecule has 12 heteroatoms. The molecular weight excluding hydrogens is 841 g/mol. The van der Waals surface area contributed by atoms with Crippen molar-refractivity contribution < 1.29 is 0 Å². The van der Waals surface area contributed by atoms with Gasteiger partial charge in [-0.2, -0.15) is 0 Å². The largest absolute Gasteiger partial charge is 0.256 e. The van der Waals surface area contributed by atoms with Crippen LogP contribution in [0.15, 0.2) is 183 Å². The number of rotatable bonds is 6. The molecule has 0 radical (unpaired) electrons. The van der Waals surface area contributed by atoms with Crippen molar-refractivity contribution in [2.24, 2.45) is 0 Å². The van der Waals surface area contributed by atoms with Crippen LogP contribution in [0, 0.1) is 0 Å². The van der Waals surface area contributed by atoms with Gasteiger partial charge >= 0.3 is 0 Å². The van der Waals surface area contributed by atoms with Gasteiger partial charge in [-0.3, -0.25) is 29.9 Å². The quantitative estimate of drug-likeness (QED) is 0.146. The van der Waals surface area contributed by atoms with Gasteiger partial charge in [-0.1, -0.05) is 48.5 Å². The zero-order valence-corrected chi connectivity index (χ0v) is 35.7. The van der Waals surface area contributed by atoms with E-state index in [4.69, 9.17) is 29.9 Å². The Bertz CT molecular complexity index is 3890. The first-order valence-corrected chi connectivity index (χ1v) is 22.0. The summed E-state index contributed by atoms with van der Waals surface area (Å²) >= 11 is 0. The molecule has 0 saturated heterocycles. The number of nitrogens with zero attached hydrogens (tertiary/aromatic N) is 12. The molecule has 0 aliphatic rings. The summed E-state index contributed by atoms with van der Waals surface area (Å²) in [6.45, 7) is 0. The van der Waals surface area contributed by atoms with Gasteiger partial charge in [0.25, 0.3) is 0 Å². The molecule has 6 aromatic heterocycles. The minimum atomic E-state index is 0.527. The first kappa shape index (κ1) is 37.7. The number of fused-ring (bicyclic) bond motifs is 4. The normalized spacial score (nSPS) is 11.8.